The standard InChI is InChI=1S/C15H20N2O4/c1-3-12(15(20)21)17-14(19)11-7-5-10(6-8-11)9-16-13(18)4-2/h5-8,12H,3-4,9H2,1-2H3,(H,16,18)(H,17,19)(H,20,21). The van der Waals surface area contributed by atoms with Gasteiger partial charge in [-0.15, -0.1) is 0 Å². The van der Waals surface area contributed by atoms with E-state index in [0.717, 1.165) is 5.56 Å². The predicted molar refractivity (Wildman–Crippen MR) is 77.8 cm³/mol. The molecule has 3 N–H and O–H groups in total. The number of benzene rings is 1. The molecule has 0 aliphatic rings. The Morgan fingerprint density at radius 2 is 1.76 bits per heavy atom. The zero-order valence-corrected chi connectivity index (χ0v) is 12.2. The molecule has 114 valence electrons. The molecule has 0 spiro atoms. The average molecular weight is 292 g/mol. The number of carbonyl (C=O) groups is 3. The number of hydrogen-bond donors (Lipinski definition) is 3. The zero-order chi connectivity index (χ0) is 15.8. The summed E-state index contributed by atoms with van der Waals surface area (Å²) in [6.07, 6.45) is 0.746. The lowest BCUT2D eigenvalue weighted by atomic mass is 10.1. The molecular weight excluding hydrogens is 272 g/mol. The smallest absolute Gasteiger partial charge is 0.326 e. The van der Waals surface area contributed by atoms with Gasteiger partial charge in [-0.05, 0) is 24.1 Å². The Hall–Kier alpha value is -2.37. The molecule has 1 rings (SSSR count). The second-order valence-electron chi connectivity index (χ2n) is 4.60. The molecule has 0 radical (unpaired) electrons. The summed E-state index contributed by atoms with van der Waals surface area (Å²) in [6, 6.07) is 5.79. The minimum Gasteiger partial charge on any atom is -0.480 e. The Kier molecular flexibility index (Phi) is 6.39. The van der Waals surface area contributed by atoms with Crippen LogP contribution in [0, 0.1) is 0 Å². The molecular formula is C15H20N2O4. The van der Waals surface area contributed by atoms with Crippen molar-refractivity contribution in [2.75, 3.05) is 0 Å². The monoisotopic (exact) mass is 292 g/mol. The number of carbonyl (C=O) groups excluding carboxylic acids is 2. The Labute approximate surface area is 123 Å². The molecule has 0 aromatic heterocycles. The predicted octanol–water partition coefficient (Wildman–Crippen LogP) is 1.31. The highest BCUT2D eigenvalue weighted by Crippen LogP contribution is 2.05. The summed E-state index contributed by atoms with van der Waals surface area (Å²) in [5, 5.41) is 14.1. The third-order valence-electron chi connectivity index (χ3n) is 3.04. The molecule has 1 aromatic rings. The summed E-state index contributed by atoms with van der Waals surface area (Å²) in [5.74, 6) is -1.51. The van der Waals surface area contributed by atoms with Crippen LogP contribution >= 0.6 is 0 Å². The molecule has 1 atom stereocenters. The quantitative estimate of drug-likeness (QED) is 0.706. The number of carboxylic acids is 1. The Morgan fingerprint density at radius 1 is 1.14 bits per heavy atom. The van der Waals surface area contributed by atoms with E-state index in [-0.39, 0.29) is 5.91 Å². The van der Waals surface area contributed by atoms with Crippen molar-refractivity contribution in [2.24, 2.45) is 0 Å². The van der Waals surface area contributed by atoms with Crippen molar-refractivity contribution in [3.8, 4) is 0 Å². The first-order chi connectivity index (χ1) is 9.97. The van der Waals surface area contributed by atoms with Crippen molar-refractivity contribution >= 4 is 17.8 Å². The fourth-order valence-electron chi connectivity index (χ4n) is 1.68. The van der Waals surface area contributed by atoms with Gasteiger partial charge in [-0.3, -0.25) is 9.59 Å². The molecule has 0 aliphatic carbocycles. The van der Waals surface area contributed by atoms with E-state index in [0.29, 0.717) is 24.9 Å². The number of nitrogens with one attached hydrogen (secondary N) is 2. The third-order valence-corrected chi connectivity index (χ3v) is 3.04. The van der Waals surface area contributed by atoms with E-state index in [1.807, 2.05) is 0 Å². The van der Waals surface area contributed by atoms with Crippen LogP contribution in [0.25, 0.3) is 0 Å². The maximum Gasteiger partial charge on any atom is 0.326 e. The van der Waals surface area contributed by atoms with Crippen LogP contribution in [0.2, 0.25) is 0 Å². The van der Waals surface area contributed by atoms with Gasteiger partial charge in [0.25, 0.3) is 5.91 Å². The van der Waals surface area contributed by atoms with Gasteiger partial charge in [0.05, 0.1) is 0 Å². The van der Waals surface area contributed by atoms with Gasteiger partial charge < -0.3 is 15.7 Å². The lowest BCUT2D eigenvalue weighted by Gasteiger charge is -2.12. The van der Waals surface area contributed by atoms with Crippen molar-refractivity contribution in [1.82, 2.24) is 10.6 Å². The molecule has 1 aromatic carbocycles. The lowest BCUT2D eigenvalue weighted by Crippen LogP contribution is -2.40. The summed E-state index contributed by atoms with van der Waals surface area (Å²) >= 11 is 0. The van der Waals surface area contributed by atoms with E-state index in [1.165, 1.54) is 0 Å². The van der Waals surface area contributed by atoms with Gasteiger partial charge >= 0.3 is 5.97 Å². The SMILES string of the molecule is CCC(=O)NCc1ccc(C(=O)NC(CC)C(=O)O)cc1. The molecule has 0 fully saturated rings. The topological polar surface area (TPSA) is 95.5 Å². The third kappa shape index (κ3) is 5.25. The Morgan fingerprint density at radius 3 is 2.24 bits per heavy atom. The van der Waals surface area contributed by atoms with E-state index >= 15 is 0 Å². The van der Waals surface area contributed by atoms with Gasteiger partial charge in [-0.1, -0.05) is 26.0 Å². The fourth-order valence-corrected chi connectivity index (χ4v) is 1.68. The van der Waals surface area contributed by atoms with E-state index in [2.05, 4.69) is 10.6 Å². The number of rotatable bonds is 7. The van der Waals surface area contributed by atoms with Crippen LogP contribution in [0.4, 0.5) is 0 Å². The van der Waals surface area contributed by atoms with Gasteiger partial charge in [-0.25, -0.2) is 4.79 Å². The molecule has 0 saturated carbocycles. The van der Waals surface area contributed by atoms with Crippen LogP contribution < -0.4 is 10.6 Å². The van der Waals surface area contributed by atoms with Crippen LogP contribution in [0.15, 0.2) is 24.3 Å². The van der Waals surface area contributed by atoms with Crippen molar-refractivity contribution in [3.05, 3.63) is 35.4 Å². The molecule has 0 saturated heterocycles. The van der Waals surface area contributed by atoms with Gasteiger partial charge in [0.15, 0.2) is 0 Å². The minimum atomic E-state index is -1.05. The lowest BCUT2D eigenvalue weighted by molar-refractivity contribution is -0.139. The molecule has 0 aliphatic heterocycles. The van der Waals surface area contributed by atoms with Crippen molar-refractivity contribution < 1.29 is 19.5 Å². The fraction of sp³-hybridized carbons (Fsp3) is 0.400. The van der Waals surface area contributed by atoms with Crippen LogP contribution in [0.1, 0.15) is 42.6 Å². The molecule has 6 heteroatoms. The first-order valence-corrected chi connectivity index (χ1v) is 6.87. The first-order valence-electron chi connectivity index (χ1n) is 6.87. The second kappa shape index (κ2) is 8.04. The van der Waals surface area contributed by atoms with Gasteiger partial charge in [-0.2, -0.15) is 0 Å². The van der Waals surface area contributed by atoms with Crippen molar-refractivity contribution in [3.63, 3.8) is 0 Å². The summed E-state index contributed by atoms with van der Waals surface area (Å²) in [4.78, 5) is 33.9. The van der Waals surface area contributed by atoms with Crippen LogP contribution in [0.5, 0.6) is 0 Å². The molecule has 21 heavy (non-hydrogen) atoms. The second-order valence-corrected chi connectivity index (χ2v) is 4.60. The summed E-state index contributed by atoms with van der Waals surface area (Å²) in [5.41, 5.74) is 1.26. The van der Waals surface area contributed by atoms with E-state index in [9.17, 15) is 14.4 Å². The van der Waals surface area contributed by atoms with Crippen molar-refractivity contribution in [2.45, 2.75) is 39.3 Å². The molecule has 1 unspecified atom stereocenters. The number of aliphatic carboxylic acids is 1. The molecule has 0 bridgehead atoms. The highest BCUT2D eigenvalue weighted by atomic mass is 16.4. The van der Waals surface area contributed by atoms with E-state index in [1.54, 1.807) is 38.1 Å². The maximum absolute atomic E-state index is 11.9. The highest BCUT2D eigenvalue weighted by Gasteiger charge is 2.18. The number of hydrogen-bond acceptors (Lipinski definition) is 3. The van der Waals surface area contributed by atoms with Crippen LogP contribution in [0.3, 0.4) is 0 Å². The normalized spacial score (nSPS) is 11.5. The first kappa shape index (κ1) is 16.7. The minimum absolute atomic E-state index is 0.0379. The number of amides is 2. The number of carboxylic acid groups (broad SMARTS) is 1. The summed E-state index contributed by atoms with van der Waals surface area (Å²) < 4.78 is 0. The largest absolute Gasteiger partial charge is 0.480 e. The Bertz CT molecular complexity index is 511. The summed E-state index contributed by atoms with van der Waals surface area (Å²) in [6.45, 7) is 3.87. The van der Waals surface area contributed by atoms with Crippen LogP contribution in [-0.2, 0) is 16.1 Å². The van der Waals surface area contributed by atoms with E-state index in [4.69, 9.17) is 5.11 Å². The highest BCUT2D eigenvalue weighted by molar-refractivity contribution is 5.96. The van der Waals surface area contributed by atoms with Gasteiger partial charge in [0, 0.05) is 18.5 Å². The molecule has 6 nitrogen and oxygen atoms in total. The molecule has 2 amide bonds. The maximum atomic E-state index is 11.9. The molecule has 0 heterocycles. The summed E-state index contributed by atoms with van der Waals surface area (Å²) in [7, 11) is 0. The van der Waals surface area contributed by atoms with Gasteiger partial charge in [0.2, 0.25) is 5.91 Å². The van der Waals surface area contributed by atoms with Crippen LogP contribution in [-0.4, -0.2) is 28.9 Å². The van der Waals surface area contributed by atoms with E-state index < -0.39 is 17.9 Å². The zero-order valence-electron chi connectivity index (χ0n) is 12.2. The van der Waals surface area contributed by atoms with Gasteiger partial charge in [0.1, 0.15) is 6.04 Å². The average Bonchev–Trinajstić information content (AvgIpc) is 2.50. The van der Waals surface area contributed by atoms with Crippen molar-refractivity contribution in [1.29, 1.82) is 0 Å². The Balaban J connectivity index is 2.62.